The summed E-state index contributed by atoms with van der Waals surface area (Å²) in [5.74, 6) is 2.11. The summed E-state index contributed by atoms with van der Waals surface area (Å²) >= 11 is 0. The average molecular weight is 475 g/mol. The number of halogens is 1. The fourth-order valence-electron chi connectivity index (χ4n) is 5.28. The van der Waals surface area contributed by atoms with Crippen LogP contribution in [0.25, 0.3) is 11.1 Å². The van der Waals surface area contributed by atoms with Crippen LogP contribution in [0, 0.1) is 19.7 Å². The maximum absolute atomic E-state index is 15.1. The molecule has 0 radical (unpaired) electrons. The molecule has 1 N–H and O–H groups in total. The van der Waals surface area contributed by atoms with Gasteiger partial charge in [-0.05, 0) is 123 Å². The van der Waals surface area contributed by atoms with E-state index in [1.807, 2.05) is 30.3 Å². The maximum atomic E-state index is 15.1. The van der Waals surface area contributed by atoms with Gasteiger partial charge in [-0.15, -0.1) is 0 Å². The standard InChI is InChI=1S/C31H35FO3/c1-19-17-24(34-16-15-31(3,4)33)18-20(2)29(19)25-11-13-27(32)30-26(25)12-14-28(30)35-23-9-7-22(8-10-23)21-5-6-21/h7-11,13,17-18,21,28,33H,5-6,12,14-16H2,1-4H3/t28-/m1/s1. The molecule has 3 aromatic carbocycles. The molecule has 1 fully saturated rings. The number of benzene rings is 3. The van der Waals surface area contributed by atoms with Gasteiger partial charge in [0.1, 0.15) is 23.4 Å². The Labute approximate surface area is 207 Å². The number of ether oxygens (including phenoxy) is 2. The lowest BCUT2D eigenvalue weighted by molar-refractivity contribution is 0.0553. The summed E-state index contributed by atoms with van der Waals surface area (Å²) in [6.07, 6.45) is 4.39. The molecular formula is C31H35FO3. The molecule has 3 nitrogen and oxygen atoms in total. The molecule has 4 heteroatoms. The molecule has 1 atom stereocenters. The summed E-state index contributed by atoms with van der Waals surface area (Å²) < 4.78 is 27.3. The molecule has 3 aromatic rings. The lowest BCUT2D eigenvalue weighted by Crippen LogP contribution is -2.21. The second kappa shape index (κ2) is 9.31. The number of aryl methyl sites for hydroxylation is 2. The molecular weight excluding hydrogens is 439 g/mol. The first-order valence-electron chi connectivity index (χ1n) is 12.7. The molecule has 35 heavy (non-hydrogen) atoms. The molecule has 0 spiro atoms. The minimum atomic E-state index is -0.753. The van der Waals surface area contributed by atoms with E-state index in [-0.39, 0.29) is 11.9 Å². The fraction of sp³-hybridized carbons (Fsp3) is 0.419. The van der Waals surface area contributed by atoms with Crippen LogP contribution in [0.1, 0.15) is 79.4 Å². The first-order valence-corrected chi connectivity index (χ1v) is 12.7. The third-order valence-corrected chi connectivity index (χ3v) is 7.25. The van der Waals surface area contributed by atoms with Crippen LogP contribution in [0.4, 0.5) is 4.39 Å². The molecule has 184 valence electrons. The Morgan fingerprint density at radius 1 is 0.943 bits per heavy atom. The van der Waals surface area contributed by atoms with Crippen molar-refractivity contribution in [2.75, 3.05) is 6.61 Å². The van der Waals surface area contributed by atoms with Crippen LogP contribution in [0.5, 0.6) is 11.5 Å². The van der Waals surface area contributed by atoms with Crippen LogP contribution < -0.4 is 9.47 Å². The molecule has 2 aliphatic carbocycles. The lowest BCUT2D eigenvalue weighted by atomic mass is 9.90. The monoisotopic (exact) mass is 474 g/mol. The molecule has 0 unspecified atom stereocenters. The summed E-state index contributed by atoms with van der Waals surface area (Å²) in [5.41, 5.74) is 6.76. The highest BCUT2D eigenvalue weighted by Gasteiger charge is 2.31. The number of rotatable bonds is 8. The number of hydrogen-bond acceptors (Lipinski definition) is 3. The van der Waals surface area contributed by atoms with E-state index in [9.17, 15) is 5.11 Å². The van der Waals surface area contributed by atoms with Gasteiger partial charge in [0.2, 0.25) is 0 Å². The van der Waals surface area contributed by atoms with E-state index in [0.717, 1.165) is 52.2 Å². The highest BCUT2D eigenvalue weighted by atomic mass is 19.1. The van der Waals surface area contributed by atoms with Crippen LogP contribution in [-0.2, 0) is 6.42 Å². The van der Waals surface area contributed by atoms with Crippen LogP contribution >= 0.6 is 0 Å². The highest BCUT2D eigenvalue weighted by Crippen LogP contribution is 2.44. The van der Waals surface area contributed by atoms with Crippen LogP contribution in [0.15, 0.2) is 48.5 Å². The first kappa shape index (κ1) is 23.9. The largest absolute Gasteiger partial charge is 0.493 e. The Kier molecular flexibility index (Phi) is 6.35. The summed E-state index contributed by atoms with van der Waals surface area (Å²) in [4.78, 5) is 0. The SMILES string of the molecule is Cc1cc(OCCC(C)(C)O)cc(C)c1-c1ccc(F)c2c1CC[C@H]2Oc1ccc(C2CC2)cc1. The highest BCUT2D eigenvalue weighted by molar-refractivity contribution is 5.76. The molecule has 0 amide bonds. The molecule has 2 aliphatic rings. The fourth-order valence-corrected chi connectivity index (χ4v) is 5.28. The first-order chi connectivity index (χ1) is 16.7. The molecule has 0 aromatic heterocycles. The van der Waals surface area contributed by atoms with Crippen molar-refractivity contribution in [2.24, 2.45) is 0 Å². The van der Waals surface area contributed by atoms with E-state index in [0.29, 0.717) is 24.5 Å². The van der Waals surface area contributed by atoms with Crippen LogP contribution in [0.3, 0.4) is 0 Å². The second-order valence-corrected chi connectivity index (χ2v) is 10.8. The van der Waals surface area contributed by atoms with Crippen molar-refractivity contribution in [1.29, 1.82) is 0 Å². The molecule has 0 heterocycles. The minimum Gasteiger partial charge on any atom is -0.493 e. The summed E-state index contributed by atoms with van der Waals surface area (Å²) in [5, 5.41) is 9.94. The summed E-state index contributed by atoms with van der Waals surface area (Å²) in [6, 6.07) is 15.9. The maximum Gasteiger partial charge on any atom is 0.130 e. The van der Waals surface area contributed by atoms with E-state index in [4.69, 9.17) is 9.47 Å². The van der Waals surface area contributed by atoms with Crippen LogP contribution in [0.2, 0.25) is 0 Å². The molecule has 0 aliphatic heterocycles. The van der Waals surface area contributed by atoms with Gasteiger partial charge in [0.05, 0.1) is 12.2 Å². The molecule has 0 saturated heterocycles. The van der Waals surface area contributed by atoms with Crippen molar-refractivity contribution in [1.82, 2.24) is 0 Å². The zero-order valence-corrected chi connectivity index (χ0v) is 21.2. The van der Waals surface area contributed by atoms with Gasteiger partial charge in [-0.1, -0.05) is 18.2 Å². The number of aliphatic hydroxyl groups is 1. The van der Waals surface area contributed by atoms with Crippen LogP contribution in [-0.4, -0.2) is 17.3 Å². The van der Waals surface area contributed by atoms with E-state index >= 15 is 4.39 Å². The Morgan fingerprint density at radius 2 is 1.63 bits per heavy atom. The Balaban J connectivity index is 1.39. The third-order valence-electron chi connectivity index (χ3n) is 7.25. The minimum absolute atomic E-state index is 0.192. The smallest absolute Gasteiger partial charge is 0.130 e. The van der Waals surface area contributed by atoms with Crippen molar-refractivity contribution in [3.05, 3.63) is 82.2 Å². The van der Waals surface area contributed by atoms with Crippen molar-refractivity contribution in [2.45, 2.75) is 77.4 Å². The Bertz CT molecular complexity index is 1200. The predicted octanol–water partition coefficient (Wildman–Crippen LogP) is 7.59. The third kappa shape index (κ3) is 5.23. The van der Waals surface area contributed by atoms with Gasteiger partial charge >= 0.3 is 0 Å². The van der Waals surface area contributed by atoms with Gasteiger partial charge in [-0.2, -0.15) is 0 Å². The van der Waals surface area contributed by atoms with Gasteiger partial charge in [-0.25, -0.2) is 4.39 Å². The lowest BCUT2D eigenvalue weighted by Gasteiger charge is -2.20. The van der Waals surface area contributed by atoms with Gasteiger partial charge in [-0.3, -0.25) is 0 Å². The van der Waals surface area contributed by atoms with Crippen molar-refractivity contribution >= 4 is 0 Å². The number of hydrogen-bond donors (Lipinski definition) is 1. The second-order valence-electron chi connectivity index (χ2n) is 10.8. The predicted molar refractivity (Wildman–Crippen MR) is 138 cm³/mol. The van der Waals surface area contributed by atoms with Gasteiger partial charge in [0.15, 0.2) is 0 Å². The van der Waals surface area contributed by atoms with Gasteiger partial charge in [0.25, 0.3) is 0 Å². The normalized spacial score (nSPS) is 17.4. The molecule has 5 rings (SSSR count). The van der Waals surface area contributed by atoms with Crippen molar-refractivity contribution in [3.63, 3.8) is 0 Å². The Morgan fingerprint density at radius 3 is 2.26 bits per heavy atom. The quantitative estimate of drug-likeness (QED) is 0.365. The van der Waals surface area contributed by atoms with E-state index in [1.165, 1.54) is 18.4 Å². The van der Waals surface area contributed by atoms with Gasteiger partial charge < -0.3 is 14.6 Å². The zero-order valence-electron chi connectivity index (χ0n) is 21.2. The molecule has 0 bridgehead atoms. The zero-order chi connectivity index (χ0) is 24.7. The number of fused-ring (bicyclic) bond motifs is 1. The van der Waals surface area contributed by atoms with Crippen molar-refractivity contribution < 1.29 is 19.0 Å². The topological polar surface area (TPSA) is 38.7 Å². The van der Waals surface area contributed by atoms with E-state index in [2.05, 4.69) is 26.0 Å². The Hall–Kier alpha value is -2.85. The summed E-state index contributed by atoms with van der Waals surface area (Å²) in [7, 11) is 0. The van der Waals surface area contributed by atoms with Gasteiger partial charge in [0, 0.05) is 12.0 Å². The average Bonchev–Trinajstić information content (AvgIpc) is 3.55. The van der Waals surface area contributed by atoms with E-state index < -0.39 is 5.60 Å². The van der Waals surface area contributed by atoms with Crippen molar-refractivity contribution in [3.8, 4) is 22.6 Å². The summed E-state index contributed by atoms with van der Waals surface area (Å²) in [6.45, 7) is 8.17. The molecule has 1 saturated carbocycles. The van der Waals surface area contributed by atoms with E-state index in [1.54, 1.807) is 19.9 Å².